The van der Waals surface area contributed by atoms with Crippen LogP contribution >= 0.6 is 0 Å². The number of amides is 2. The third kappa shape index (κ3) is 12.5. The van der Waals surface area contributed by atoms with E-state index in [9.17, 15) is 43.5 Å². The van der Waals surface area contributed by atoms with Gasteiger partial charge in [-0.25, -0.2) is 4.79 Å². The van der Waals surface area contributed by atoms with E-state index < -0.39 is 128 Å². The number of carbonyl (C=O) groups is 8. The second kappa shape index (κ2) is 18.4. The molecular weight excluding hydrogens is 664 g/mol. The van der Waals surface area contributed by atoms with Crippen LogP contribution in [0, 0.1) is 0 Å². The zero-order valence-corrected chi connectivity index (χ0v) is 28.2. The molecule has 2 aliphatic heterocycles. The molecule has 2 fully saturated rings. The molecule has 0 radical (unpaired) electrons. The third-order valence-corrected chi connectivity index (χ3v) is 6.82. The quantitative estimate of drug-likeness (QED) is 0.133. The van der Waals surface area contributed by atoms with Crippen molar-refractivity contribution in [2.45, 2.75) is 123 Å². The number of esters is 5. The summed E-state index contributed by atoms with van der Waals surface area (Å²) >= 11 is 0. The van der Waals surface area contributed by atoms with Crippen molar-refractivity contribution in [1.82, 2.24) is 10.6 Å². The van der Waals surface area contributed by atoms with E-state index >= 15 is 0 Å². The average Bonchev–Trinajstić information content (AvgIpc) is 2.95. The highest BCUT2D eigenvalue weighted by atomic mass is 16.8. The van der Waals surface area contributed by atoms with Gasteiger partial charge in [-0.3, -0.25) is 33.6 Å². The van der Waals surface area contributed by atoms with Gasteiger partial charge in [0.1, 0.15) is 49.7 Å². The summed E-state index contributed by atoms with van der Waals surface area (Å²) in [6.45, 7) is 7.50. The van der Waals surface area contributed by atoms with E-state index in [1.807, 2.05) is 0 Å². The first-order valence-electron chi connectivity index (χ1n) is 15.0. The molecule has 2 heterocycles. The molecule has 0 aromatic carbocycles. The molecule has 0 aromatic rings. The number of hydrogen-bond donors (Lipinski definition) is 3. The summed E-state index contributed by atoms with van der Waals surface area (Å²) in [5.41, 5.74) is 0. The lowest BCUT2D eigenvalue weighted by Gasteiger charge is -2.49. The summed E-state index contributed by atoms with van der Waals surface area (Å²) in [5, 5.41) is 14.7. The maximum absolute atomic E-state index is 12.4. The van der Waals surface area contributed by atoms with Gasteiger partial charge in [0.25, 0.3) is 0 Å². The fourth-order valence-electron chi connectivity index (χ4n) is 5.07. The molecule has 20 heteroatoms. The second-order valence-corrected chi connectivity index (χ2v) is 11.1. The van der Waals surface area contributed by atoms with Crippen molar-refractivity contribution in [3.63, 3.8) is 0 Å². The van der Waals surface area contributed by atoms with Crippen molar-refractivity contribution in [2.24, 2.45) is 0 Å². The maximum atomic E-state index is 12.4. The van der Waals surface area contributed by atoms with Gasteiger partial charge >= 0.3 is 35.8 Å². The Morgan fingerprint density at radius 2 is 1.02 bits per heavy atom. The topological polar surface area (TPSA) is 264 Å². The highest BCUT2D eigenvalue weighted by molar-refractivity contribution is 5.74. The Bertz CT molecular complexity index is 1260. The molecule has 0 spiro atoms. The van der Waals surface area contributed by atoms with Crippen molar-refractivity contribution >= 4 is 47.6 Å². The standard InChI is InChI=1S/C29H42N2O18/c1-11(27(39)40)43-25-21(30-12(2)32)28(46-18(8)38)47-20(10-42-15(5)35)24(25)49-29-22(31-13(3)33)26(45-17(7)37)23(44-16(6)36)19(48-29)9-41-14(4)34/h11,19-26,28-29H,9-10H2,1-8H3,(H,30,32)(H,31,33)(H,39,40)/t11?,19-,20-,21-,22-,23-,24-,25-,26-,28+,29+/m1/s1. The van der Waals surface area contributed by atoms with E-state index in [0.717, 1.165) is 55.4 Å². The smallest absolute Gasteiger partial charge is 0.332 e. The van der Waals surface area contributed by atoms with Gasteiger partial charge < -0.3 is 58.4 Å². The highest BCUT2D eigenvalue weighted by Gasteiger charge is 2.56. The molecule has 0 bridgehead atoms. The fourth-order valence-corrected chi connectivity index (χ4v) is 5.07. The van der Waals surface area contributed by atoms with Crippen molar-refractivity contribution in [1.29, 1.82) is 0 Å². The lowest BCUT2D eigenvalue weighted by atomic mass is 9.93. The molecule has 276 valence electrons. The van der Waals surface area contributed by atoms with Crippen LogP contribution in [0.4, 0.5) is 0 Å². The molecule has 49 heavy (non-hydrogen) atoms. The van der Waals surface area contributed by atoms with Crippen LogP contribution in [-0.2, 0) is 81.0 Å². The van der Waals surface area contributed by atoms with Gasteiger partial charge in [0.2, 0.25) is 18.1 Å². The largest absolute Gasteiger partial charge is 0.479 e. The summed E-state index contributed by atoms with van der Waals surface area (Å²) in [6.07, 6.45) is -14.0. The van der Waals surface area contributed by atoms with E-state index in [2.05, 4.69) is 10.6 Å². The molecule has 2 rings (SSSR count). The molecule has 0 aliphatic carbocycles. The van der Waals surface area contributed by atoms with Crippen molar-refractivity contribution < 1.29 is 86.1 Å². The van der Waals surface area contributed by atoms with E-state index in [4.69, 9.17) is 42.6 Å². The number of carbonyl (C=O) groups excluding carboxylic acids is 7. The van der Waals surface area contributed by atoms with E-state index in [1.165, 1.54) is 0 Å². The summed E-state index contributed by atoms with van der Waals surface area (Å²) in [7, 11) is 0. The Morgan fingerprint density at radius 1 is 0.592 bits per heavy atom. The van der Waals surface area contributed by atoms with Crippen LogP contribution in [-0.4, -0.2) is 133 Å². The zero-order valence-electron chi connectivity index (χ0n) is 28.2. The van der Waals surface area contributed by atoms with Crippen LogP contribution in [0.3, 0.4) is 0 Å². The summed E-state index contributed by atoms with van der Waals surface area (Å²) in [5.74, 6) is -6.98. The van der Waals surface area contributed by atoms with Gasteiger partial charge in [-0.2, -0.15) is 0 Å². The number of carboxylic acid groups (broad SMARTS) is 1. The van der Waals surface area contributed by atoms with Crippen molar-refractivity contribution in [2.75, 3.05) is 13.2 Å². The van der Waals surface area contributed by atoms with Gasteiger partial charge in [-0.15, -0.1) is 0 Å². The zero-order chi connectivity index (χ0) is 37.2. The average molecular weight is 707 g/mol. The SMILES string of the molecule is CC(=O)N[C@H]1[C@H](O[C@H]2[C@H](OC(C)C(=O)O)[C@@H](NC(C)=O)[C@@H](OC(C)=O)O[C@@H]2COC(C)=O)O[C@H](COC(C)=O)[C@@H](OC(C)=O)[C@@H]1OC(C)=O. The van der Waals surface area contributed by atoms with Gasteiger partial charge in [0.15, 0.2) is 24.6 Å². The molecule has 1 unspecified atom stereocenters. The minimum absolute atomic E-state index is 0.575. The predicted octanol–water partition coefficient (Wildman–Crippen LogP) is -1.76. The normalized spacial score (nSPS) is 30.0. The van der Waals surface area contributed by atoms with Gasteiger partial charge in [-0.05, 0) is 6.92 Å². The molecule has 11 atom stereocenters. The molecule has 2 aliphatic rings. The monoisotopic (exact) mass is 706 g/mol. The number of nitrogens with one attached hydrogen (secondary N) is 2. The van der Waals surface area contributed by atoms with Crippen LogP contribution in [0.2, 0.25) is 0 Å². The van der Waals surface area contributed by atoms with Crippen LogP contribution < -0.4 is 10.6 Å². The van der Waals surface area contributed by atoms with Crippen molar-refractivity contribution in [3.05, 3.63) is 0 Å². The molecule has 2 amide bonds. The van der Waals surface area contributed by atoms with Crippen LogP contribution in [0.25, 0.3) is 0 Å². The summed E-state index contributed by atoms with van der Waals surface area (Å²) in [6, 6.07) is -2.95. The molecule has 0 saturated carbocycles. The van der Waals surface area contributed by atoms with E-state index in [0.29, 0.717) is 0 Å². The number of hydrogen-bond acceptors (Lipinski definition) is 17. The minimum Gasteiger partial charge on any atom is -0.479 e. The predicted molar refractivity (Wildman–Crippen MR) is 156 cm³/mol. The number of carboxylic acids is 1. The first kappa shape index (κ1) is 40.8. The molecule has 2 saturated heterocycles. The highest BCUT2D eigenvalue weighted by Crippen LogP contribution is 2.34. The second-order valence-electron chi connectivity index (χ2n) is 11.1. The Labute approximate surface area is 280 Å². The minimum atomic E-state index is -1.73. The maximum Gasteiger partial charge on any atom is 0.332 e. The number of aliphatic carboxylic acids is 1. The summed E-state index contributed by atoms with van der Waals surface area (Å²) in [4.78, 5) is 96.7. The Balaban J connectivity index is 2.78. The van der Waals surface area contributed by atoms with Gasteiger partial charge in [0, 0.05) is 48.5 Å². The number of ether oxygens (including phenoxy) is 9. The molecular formula is C29H42N2O18. The Hall–Kier alpha value is -4.40. The molecule has 3 N–H and O–H groups in total. The summed E-state index contributed by atoms with van der Waals surface area (Å²) < 4.78 is 50.5. The van der Waals surface area contributed by atoms with Crippen LogP contribution in [0.1, 0.15) is 55.4 Å². The van der Waals surface area contributed by atoms with Crippen LogP contribution in [0.15, 0.2) is 0 Å². The van der Waals surface area contributed by atoms with Crippen LogP contribution in [0.5, 0.6) is 0 Å². The van der Waals surface area contributed by atoms with E-state index in [1.54, 1.807) is 0 Å². The van der Waals surface area contributed by atoms with Crippen molar-refractivity contribution in [3.8, 4) is 0 Å². The third-order valence-electron chi connectivity index (χ3n) is 6.82. The molecule has 0 aromatic heterocycles. The first-order chi connectivity index (χ1) is 22.8. The van der Waals surface area contributed by atoms with Gasteiger partial charge in [-0.1, -0.05) is 0 Å². The fraction of sp³-hybridized carbons (Fsp3) is 0.724. The lowest BCUT2D eigenvalue weighted by Crippen LogP contribution is -2.70. The Kier molecular flexibility index (Phi) is 15.3. The van der Waals surface area contributed by atoms with E-state index in [-0.39, 0.29) is 0 Å². The van der Waals surface area contributed by atoms with Gasteiger partial charge in [0.05, 0.1) is 0 Å². The first-order valence-corrected chi connectivity index (χ1v) is 15.0. The lowest BCUT2D eigenvalue weighted by molar-refractivity contribution is -0.335. The molecule has 20 nitrogen and oxygen atoms in total. The Morgan fingerprint density at radius 3 is 1.45 bits per heavy atom. The number of rotatable bonds is 14.